The van der Waals surface area contributed by atoms with Crippen LogP contribution in [0.25, 0.3) is 0 Å². The Bertz CT molecular complexity index is 704. The van der Waals surface area contributed by atoms with E-state index in [-0.39, 0.29) is 27.1 Å². The van der Waals surface area contributed by atoms with Crippen LogP contribution in [-0.2, 0) is 4.79 Å². The summed E-state index contributed by atoms with van der Waals surface area (Å²) in [4.78, 5) is 41.8. The molecule has 1 atom stereocenters. The van der Waals surface area contributed by atoms with Crippen molar-refractivity contribution in [2.24, 2.45) is 0 Å². The topological polar surface area (TPSA) is 57.7 Å². The molecule has 3 amide bonds. The Labute approximate surface area is 163 Å². The minimum Gasteiger partial charge on any atom is -0.341 e. The number of amides is 3. The number of piperidine rings is 1. The lowest BCUT2D eigenvalue weighted by atomic mass is 10.0. The summed E-state index contributed by atoms with van der Waals surface area (Å²) in [6.07, 6.45) is 5.13. The number of fused-ring (bicyclic) bond motifs is 1. The van der Waals surface area contributed by atoms with Gasteiger partial charge in [0.2, 0.25) is 5.91 Å². The molecule has 0 aromatic heterocycles. The first kappa shape index (κ1) is 19.2. The van der Waals surface area contributed by atoms with Gasteiger partial charge in [0.05, 0.1) is 21.2 Å². The molecule has 0 spiro atoms. The third kappa shape index (κ3) is 3.47. The van der Waals surface area contributed by atoms with Crippen molar-refractivity contribution in [1.82, 2.24) is 9.80 Å². The van der Waals surface area contributed by atoms with Crippen LogP contribution in [0.2, 0.25) is 10.0 Å². The number of likely N-dealkylation sites (tertiary alicyclic amines) is 1. The predicted octanol–water partition coefficient (Wildman–Crippen LogP) is 4.16. The summed E-state index contributed by atoms with van der Waals surface area (Å²) >= 11 is 12.0. The molecule has 1 aromatic rings. The number of hydrogen-bond acceptors (Lipinski definition) is 3. The van der Waals surface area contributed by atoms with Gasteiger partial charge < -0.3 is 4.90 Å². The van der Waals surface area contributed by atoms with Crippen LogP contribution in [0.1, 0.15) is 66.2 Å². The summed E-state index contributed by atoms with van der Waals surface area (Å²) < 4.78 is 0. The van der Waals surface area contributed by atoms with E-state index in [9.17, 15) is 14.4 Å². The molecule has 5 nitrogen and oxygen atoms in total. The summed E-state index contributed by atoms with van der Waals surface area (Å²) in [5.74, 6) is -1.06. The molecule has 0 unspecified atom stereocenters. The van der Waals surface area contributed by atoms with Gasteiger partial charge >= 0.3 is 0 Å². The quantitative estimate of drug-likeness (QED) is 0.701. The Morgan fingerprint density at radius 2 is 1.58 bits per heavy atom. The van der Waals surface area contributed by atoms with E-state index in [0.29, 0.717) is 19.5 Å². The number of halogens is 2. The summed E-state index contributed by atoms with van der Waals surface area (Å²) in [6, 6.07) is 2.07. The van der Waals surface area contributed by atoms with Gasteiger partial charge in [0.1, 0.15) is 6.04 Å². The highest BCUT2D eigenvalue weighted by molar-refractivity contribution is 6.43. The molecule has 1 aromatic carbocycles. The second-order valence-corrected chi connectivity index (χ2v) is 7.65. The fourth-order valence-corrected chi connectivity index (χ4v) is 3.95. The average molecular weight is 397 g/mol. The van der Waals surface area contributed by atoms with E-state index < -0.39 is 17.9 Å². The van der Waals surface area contributed by atoms with Crippen molar-refractivity contribution < 1.29 is 14.4 Å². The van der Waals surface area contributed by atoms with E-state index in [1.165, 1.54) is 12.1 Å². The van der Waals surface area contributed by atoms with Gasteiger partial charge in [-0.2, -0.15) is 0 Å². The van der Waals surface area contributed by atoms with Crippen molar-refractivity contribution in [2.45, 2.75) is 51.5 Å². The van der Waals surface area contributed by atoms with Crippen LogP contribution in [-0.4, -0.2) is 46.7 Å². The Morgan fingerprint density at radius 3 is 2.08 bits per heavy atom. The van der Waals surface area contributed by atoms with Gasteiger partial charge in [-0.3, -0.25) is 19.3 Å². The molecule has 0 aliphatic carbocycles. The molecule has 2 aliphatic rings. The molecule has 7 heteroatoms. The van der Waals surface area contributed by atoms with E-state index in [1.54, 1.807) is 4.90 Å². The maximum Gasteiger partial charge on any atom is 0.262 e. The Morgan fingerprint density at radius 1 is 1.04 bits per heavy atom. The van der Waals surface area contributed by atoms with Gasteiger partial charge in [-0.25, -0.2) is 0 Å². The lowest BCUT2D eigenvalue weighted by Crippen LogP contribution is -2.52. The first-order valence-electron chi connectivity index (χ1n) is 9.11. The minimum absolute atomic E-state index is 0.134. The number of rotatable bonds is 5. The van der Waals surface area contributed by atoms with Gasteiger partial charge in [-0.1, -0.05) is 43.0 Å². The fraction of sp³-hybridized carbons (Fsp3) is 0.526. The Balaban J connectivity index is 1.92. The molecule has 0 bridgehead atoms. The smallest absolute Gasteiger partial charge is 0.262 e. The number of hydrogen-bond donors (Lipinski definition) is 0. The summed E-state index contributed by atoms with van der Waals surface area (Å²) in [6.45, 7) is 3.38. The molecule has 2 heterocycles. The van der Waals surface area contributed by atoms with Crippen LogP contribution in [0.5, 0.6) is 0 Å². The first-order valence-corrected chi connectivity index (χ1v) is 9.87. The number of benzene rings is 1. The Kier molecular flexibility index (Phi) is 5.88. The number of carbonyl (C=O) groups is 3. The SMILES string of the molecule is CCCC[C@H](C(=O)N1CCCCC1)N1C(=O)c2cc(Cl)c(Cl)cc2C1=O. The second kappa shape index (κ2) is 7.97. The monoisotopic (exact) mass is 396 g/mol. The lowest BCUT2D eigenvalue weighted by molar-refractivity contribution is -0.136. The molecule has 0 N–H and O–H groups in total. The maximum atomic E-state index is 13.1. The normalized spacial score (nSPS) is 18.3. The van der Waals surface area contributed by atoms with Gasteiger partial charge in [0.25, 0.3) is 11.8 Å². The zero-order valence-electron chi connectivity index (χ0n) is 14.8. The van der Waals surface area contributed by atoms with Crippen molar-refractivity contribution in [3.8, 4) is 0 Å². The van der Waals surface area contributed by atoms with Gasteiger partial charge in [0, 0.05) is 13.1 Å². The van der Waals surface area contributed by atoms with Crippen LogP contribution in [0.4, 0.5) is 0 Å². The number of unbranched alkanes of at least 4 members (excludes halogenated alkanes) is 1. The fourth-order valence-electron chi connectivity index (χ4n) is 3.62. The van der Waals surface area contributed by atoms with Crippen molar-refractivity contribution in [1.29, 1.82) is 0 Å². The third-order valence-electron chi connectivity index (χ3n) is 5.05. The van der Waals surface area contributed by atoms with E-state index in [1.807, 2.05) is 6.92 Å². The van der Waals surface area contributed by atoms with Gasteiger partial charge in [-0.15, -0.1) is 0 Å². The van der Waals surface area contributed by atoms with Crippen LogP contribution >= 0.6 is 23.2 Å². The highest BCUT2D eigenvalue weighted by atomic mass is 35.5. The van der Waals surface area contributed by atoms with Crippen LogP contribution in [0, 0.1) is 0 Å². The van der Waals surface area contributed by atoms with Gasteiger partial charge in [0.15, 0.2) is 0 Å². The number of imide groups is 1. The molecule has 0 radical (unpaired) electrons. The molecule has 2 aliphatic heterocycles. The Hall–Kier alpha value is -1.59. The molecule has 3 rings (SSSR count). The van der Waals surface area contributed by atoms with Crippen molar-refractivity contribution in [3.05, 3.63) is 33.3 Å². The minimum atomic E-state index is -0.766. The van der Waals surface area contributed by atoms with Crippen LogP contribution < -0.4 is 0 Å². The highest BCUT2D eigenvalue weighted by Crippen LogP contribution is 2.33. The maximum absolute atomic E-state index is 13.1. The van der Waals surface area contributed by atoms with Crippen molar-refractivity contribution in [3.63, 3.8) is 0 Å². The predicted molar refractivity (Wildman–Crippen MR) is 101 cm³/mol. The van der Waals surface area contributed by atoms with Gasteiger partial charge in [-0.05, 0) is 37.8 Å². The van der Waals surface area contributed by atoms with Crippen LogP contribution in [0.3, 0.4) is 0 Å². The zero-order chi connectivity index (χ0) is 18.8. The number of nitrogens with zero attached hydrogens (tertiary/aromatic N) is 2. The molecular weight excluding hydrogens is 375 g/mol. The van der Waals surface area contributed by atoms with Crippen molar-refractivity contribution in [2.75, 3.05) is 13.1 Å². The van der Waals surface area contributed by atoms with E-state index >= 15 is 0 Å². The standard InChI is InChI=1S/C19H22Cl2N2O3/c1-2-3-7-16(19(26)22-8-5-4-6-9-22)23-17(24)12-10-14(20)15(21)11-13(12)18(23)25/h10-11,16H,2-9H2,1H3/t16-/m1/s1. The molecule has 26 heavy (non-hydrogen) atoms. The van der Waals surface area contributed by atoms with Crippen molar-refractivity contribution >= 4 is 40.9 Å². The highest BCUT2D eigenvalue weighted by Gasteiger charge is 2.44. The second-order valence-electron chi connectivity index (χ2n) is 6.84. The first-order chi connectivity index (χ1) is 12.5. The third-order valence-corrected chi connectivity index (χ3v) is 5.78. The molecule has 1 saturated heterocycles. The zero-order valence-corrected chi connectivity index (χ0v) is 16.3. The lowest BCUT2D eigenvalue weighted by Gasteiger charge is -2.33. The molecule has 1 fully saturated rings. The summed E-state index contributed by atoms with van der Waals surface area (Å²) in [5, 5.41) is 0.446. The van der Waals surface area contributed by atoms with E-state index in [4.69, 9.17) is 23.2 Å². The van der Waals surface area contributed by atoms with E-state index in [0.717, 1.165) is 37.0 Å². The van der Waals surface area contributed by atoms with E-state index in [2.05, 4.69) is 0 Å². The largest absolute Gasteiger partial charge is 0.341 e. The molecule has 0 saturated carbocycles. The number of carbonyl (C=O) groups excluding carboxylic acids is 3. The summed E-state index contributed by atoms with van der Waals surface area (Å²) in [7, 11) is 0. The molecule has 140 valence electrons. The molecular formula is C19H22Cl2N2O3. The van der Waals surface area contributed by atoms with Crippen LogP contribution in [0.15, 0.2) is 12.1 Å². The summed E-state index contributed by atoms with van der Waals surface area (Å²) in [5.41, 5.74) is 0.440. The average Bonchev–Trinajstić information content (AvgIpc) is 2.87.